The van der Waals surface area contributed by atoms with Crippen LogP contribution in [-0.2, 0) is 0 Å². The highest BCUT2D eigenvalue weighted by Crippen LogP contribution is 2.35. The van der Waals surface area contributed by atoms with Gasteiger partial charge in [-0.2, -0.15) is 15.0 Å². The van der Waals surface area contributed by atoms with Gasteiger partial charge in [0.15, 0.2) is 6.10 Å². The Morgan fingerprint density at radius 2 is 1.84 bits per heavy atom. The lowest BCUT2D eigenvalue weighted by molar-refractivity contribution is -0.130. The molecule has 5 rings (SSSR count). The second kappa shape index (κ2) is 7.69. The average molecular weight is 441 g/mol. The van der Waals surface area contributed by atoms with Crippen LogP contribution in [0.15, 0.2) is 60.9 Å². The highest BCUT2D eigenvalue weighted by atomic mass is 32.1. The van der Waals surface area contributed by atoms with Crippen LogP contribution in [0.5, 0.6) is 5.19 Å². The fourth-order valence-electron chi connectivity index (χ4n) is 3.54. The van der Waals surface area contributed by atoms with E-state index in [1.807, 2.05) is 18.2 Å². The zero-order chi connectivity index (χ0) is 21.4. The number of benzene rings is 2. The fourth-order valence-corrected chi connectivity index (χ4v) is 4.40. The van der Waals surface area contributed by atoms with Gasteiger partial charge in [-0.15, -0.1) is 0 Å². The maximum atomic E-state index is 14.6. The Bertz CT molecular complexity index is 1190. The Morgan fingerprint density at radius 1 is 1.10 bits per heavy atom. The molecule has 158 valence electrons. The number of amides is 1. The number of hydrogen-bond acceptors (Lipinski definition) is 6. The van der Waals surface area contributed by atoms with Crippen LogP contribution in [0.3, 0.4) is 0 Å². The highest BCUT2D eigenvalue weighted by molar-refractivity contribution is 7.20. The number of ether oxygens (including phenoxy) is 1. The molecule has 1 fully saturated rings. The van der Waals surface area contributed by atoms with Crippen LogP contribution in [0, 0.1) is 0 Å². The quantitative estimate of drug-likeness (QED) is 0.482. The second-order valence-corrected chi connectivity index (χ2v) is 8.15. The summed E-state index contributed by atoms with van der Waals surface area (Å²) in [5.74, 6) is -3.45. The summed E-state index contributed by atoms with van der Waals surface area (Å²) in [7, 11) is 0. The van der Waals surface area contributed by atoms with Crippen LogP contribution in [0.2, 0.25) is 0 Å². The van der Waals surface area contributed by atoms with E-state index in [0.717, 1.165) is 4.70 Å². The summed E-state index contributed by atoms with van der Waals surface area (Å²) in [5, 5.41) is 8.31. The van der Waals surface area contributed by atoms with Gasteiger partial charge in [0.05, 0.1) is 40.4 Å². The molecule has 1 amide bonds. The van der Waals surface area contributed by atoms with Crippen molar-refractivity contribution in [3.05, 3.63) is 66.5 Å². The van der Waals surface area contributed by atoms with Crippen LogP contribution in [-0.4, -0.2) is 55.9 Å². The normalized spacial score (nSPS) is 18.3. The lowest BCUT2D eigenvalue weighted by atomic mass is 10.0. The van der Waals surface area contributed by atoms with Gasteiger partial charge in [0.25, 0.3) is 17.0 Å². The Labute approximate surface area is 179 Å². The third-order valence-electron chi connectivity index (χ3n) is 5.15. The van der Waals surface area contributed by atoms with Crippen molar-refractivity contribution in [3.8, 4) is 10.9 Å². The van der Waals surface area contributed by atoms with Gasteiger partial charge in [0.1, 0.15) is 0 Å². The Morgan fingerprint density at radius 3 is 2.65 bits per heavy atom. The van der Waals surface area contributed by atoms with Gasteiger partial charge in [-0.1, -0.05) is 35.6 Å². The molecule has 31 heavy (non-hydrogen) atoms. The zero-order valence-electron chi connectivity index (χ0n) is 16.2. The van der Waals surface area contributed by atoms with Crippen LogP contribution >= 0.6 is 11.3 Å². The molecule has 0 saturated carbocycles. The van der Waals surface area contributed by atoms with Crippen LogP contribution in [0.4, 0.5) is 8.78 Å². The molecule has 3 heterocycles. The van der Waals surface area contributed by atoms with Crippen molar-refractivity contribution in [2.45, 2.75) is 18.4 Å². The minimum Gasteiger partial charge on any atom is -0.458 e. The molecule has 7 nitrogen and oxygen atoms in total. The number of thiazole rings is 1. The molecule has 0 bridgehead atoms. The van der Waals surface area contributed by atoms with E-state index in [1.165, 1.54) is 33.4 Å². The predicted octanol–water partition coefficient (Wildman–Crippen LogP) is 3.81. The highest BCUT2D eigenvalue weighted by Gasteiger charge is 2.47. The largest absolute Gasteiger partial charge is 0.458 e. The van der Waals surface area contributed by atoms with Crippen molar-refractivity contribution < 1.29 is 18.3 Å². The van der Waals surface area contributed by atoms with Crippen molar-refractivity contribution in [3.63, 3.8) is 0 Å². The van der Waals surface area contributed by atoms with E-state index in [2.05, 4.69) is 15.2 Å². The van der Waals surface area contributed by atoms with E-state index in [-0.39, 0.29) is 24.2 Å². The summed E-state index contributed by atoms with van der Waals surface area (Å²) in [6, 6.07) is 14.2. The molecule has 0 radical (unpaired) electrons. The number of fused-ring (bicyclic) bond motifs is 1. The molecular formula is C21H17F2N5O2S. The van der Waals surface area contributed by atoms with E-state index in [4.69, 9.17) is 4.74 Å². The smallest absolute Gasteiger partial charge is 0.287 e. The molecular weight excluding hydrogens is 424 g/mol. The van der Waals surface area contributed by atoms with Gasteiger partial charge in [-0.25, -0.2) is 13.8 Å². The number of alkyl halides is 2. The number of aromatic nitrogens is 4. The SMILES string of the molecule is O=C(c1ccccc1-n1nccn1)N1CCC(F)(F)C(Oc2nc3ccccc3s2)C1. The summed E-state index contributed by atoms with van der Waals surface area (Å²) >= 11 is 1.21. The standard InChI is InChI=1S/C21H17F2N5O2S/c22-21(23)9-12-27(13-18(21)30-20-26-15-6-2-4-8-17(15)31-20)19(29)14-5-1-3-7-16(14)28-24-10-11-25-28/h1-8,10-11,18H,9,12-13H2. The minimum atomic E-state index is -3.07. The van der Waals surface area contributed by atoms with Crippen molar-refractivity contribution in [2.75, 3.05) is 13.1 Å². The van der Waals surface area contributed by atoms with Gasteiger partial charge in [-0.3, -0.25) is 4.79 Å². The number of para-hydroxylation sites is 2. The predicted molar refractivity (Wildman–Crippen MR) is 111 cm³/mol. The van der Waals surface area contributed by atoms with Crippen LogP contribution < -0.4 is 4.74 Å². The van der Waals surface area contributed by atoms with Crippen LogP contribution in [0.1, 0.15) is 16.8 Å². The maximum Gasteiger partial charge on any atom is 0.287 e. The Hall–Kier alpha value is -3.40. The molecule has 4 aromatic rings. The van der Waals surface area contributed by atoms with Gasteiger partial charge >= 0.3 is 0 Å². The minimum absolute atomic E-state index is 0.0770. The average Bonchev–Trinajstić information content (AvgIpc) is 3.44. The molecule has 1 saturated heterocycles. The fraction of sp³-hybridized carbons (Fsp3) is 0.238. The first-order chi connectivity index (χ1) is 15.0. The molecule has 0 aliphatic carbocycles. The van der Waals surface area contributed by atoms with Crippen LogP contribution in [0.25, 0.3) is 15.9 Å². The van der Waals surface area contributed by atoms with Crippen molar-refractivity contribution in [1.82, 2.24) is 24.9 Å². The van der Waals surface area contributed by atoms with E-state index < -0.39 is 18.4 Å². The number of rotatable bonds is 4. The molecule has 1 atom stereocenters. The Kier molecular flexibility index (Phi) is 4.85. The molecule has 1 aliphatic rings. The molecule has 2 aromatic heterocycles. The van der Waals surface area contributed by atoms with Gasteiger partial charge in [0, 0.05) is 13.0 Å². The lowest BCUT2D eigenvalue weighted by Gasteiger charge is -2.37. The molecule has 1 unspecified atom stereocenters. The van der Waals surface area contributed by atoms with E-state index in [0.29, 0.717) is 16.8 Å². The molecule has 10 heteroatoms. The molecule has 2 aromatic carbocycles. The first kappa shape index (κ1) is 19.6. The third kappa shape index (κ3) is 3.74. The monoisotopic (exact) mass is 441 g/mol. The zero-order valence-corrected chi connectivity index (χ0v) is 17.0. The van der Waals surface area contributed by atoms with Crippen molar-refractivity contribution in [2.24, 2.45) is 0 Å². The first-order valence-electron chi connectivity index (χ1n) is 9.66. The lowest BCUT2D eigenvalue weighted by Crippen LogP contribution is -2.55. The topological polar surface area (TPSA) is 73.1 Å². The number of carbonyl (C=O) groups excluding carboxylic acids is 1. The van der Waals surface area contributed by atoms with E-state index >= 15 is 0 Å². The Balaban J connectivity index is 1.40. The number of piperidine rings is 1. The summed E-state index contributed by atoms with van der Waals surface area (Å²) in [4.78, 5) is 20.2. The summed E-state index contributed by atoms with van der Waals surface area (Å²) in [6.45, 7) is -0.324. The number of likely N-dealkylation sites (tertiary alicyclic amines) is 1. The first-order valence-corrected chi connectivity index (χ1v) is 10.5. The van der Waals surface area contributed by atoms with Gasteiger partial charge in [0.2, 0.25) is 0 Å². The number of halogens is 2. The van der Waals surface area contributed by atoms with Gasteiger partial charge in [-0.05, 0) is 24.3 Å². The summed E-state index contributed by atoms with van der Waals surface area (Å²) in [6.07, 6.45) is 1.03. The summed E-state index contributed by atoms with van der Waals surface area (Å²) < 4.78 is 35.7. The summed E-state index contributed by atoms with van der Waals surface area (Å²) in [5.41, 5.74) is 1.51. The number of hydrogen-bond donors (Lipinski definition) is 0. The van der Waals surface area contributed by atoms with Gasteiger partial charge < -0.3 is 9.64 Å². The number of carbonyl (C=O) groups is 1. The van der Waals surface area contributed by atoms with Crippen molar-refractivity contribution in [1.29, 1.82) is 0 Å². The third-order valence-corrected chi connectivity index (χ3v) is 6.07. The van der Waals surface area contributed by atoms with E-state index in [1.54, 1.807) is 30.3 Å². The molecule has 0 spiro atoms. The molecule has 0 N–H and O–H groups in total. The van der Waals surface area contributed by atoms with E-state index in [9.17, 15) is 13.6 Å². The molecule has 1 aliphatic heterocycles. The van der Waals surface area contributed by atoms with Crippen molar-refractivity contribution >= 4 is 27.5 Å². The second-order valence-electron chi connectivity index (χ2n) is 7.15. The number of nitrogens with zero attached hydrogens (tertiary/aromatic N) is 5. The maximum absolute atomic E-state index is 14.6.